The van der Waals surface area contributed by atoms with E-state index in [9.17, 15) is 0 Å². The predicted octanol–water partition coefficient (Wildman–Crippen LogP) is 3.37. The maximum atomic E-state index is 5.13. The van der Waals surface area contributed by atoms with Crippen LogP contribution in [0.3, 0.4) is 0 Å². The van der Waals surface area contributed by atoms with Crippen molar-refractivity contribution < 1.29 is 4.74 Å². The molecule has 0 unspecified atom stereocenters. The van der Waals surface area contributed by atoms with Crippen molar-refractivity contribution >= 4 is 23.3 Å². The molecule has 0 spiro atoms. The molecule has 3 aromatic rings. The minimum atomic E-state index is 0.471. The van der Waals surface area contributed by atoms with E-state index in [1.807, 2.05) is 54.6 Å². The molecular weight excluding hydrogens is 278 g/mol. The number of benzene rings is 2. The van der Waals surface area contributed by atoms with Gasteiger partial charge in [0.1, 0.15) is 12.1 Å². The molecule has 1 heterocycles. The highest BCUT2D eigenvalue weighted by molar-refractivity contribution is 5.57. The molecule has 22 heavy (non-hydrogen) atoms. The summed E-state index contributed by atoms with van der Waals surface area (Å²) >= 11 is 0. The Morgan fingerprint density at radius 3 is 1.95 bits per heavy atom. The summed E-state index contributed by atoms with van der Waals surface area (Å²) in [5, 5.41) is 6.25. The number of ether oxygens (including phenoxy) is 1. The van der Waals surface area contributed by atoms with Crippen LogP contribution < -0.4 is 15.4 Å². The highest BCUT2D eigenvalue weighted by Crippen LogP contribution is 2.18. The van der Waals surface area contributed by atoms with Gasteiger partial charge in [0.25, 0.3) is 0 Å². The smallest absolute Gasteiger partial charge is 0.232 e. The molecule has 0 amide bonds. The Kier molecular flexibility index (Phi) is 4.10. The molecule has 2 N–H and O–H groups in total. The minimum Gasteiger partial charge on any atom is -0.497 e. The molecule has 0 aliphatic heterocycles. The van der Waals surface area contributed by atoms with Gasteiger partial charge in [0.05, 0.1) is 7.11 Å². The first-order valence-electron chi connectivity index (χ1n) is 6.76. The Labute approximate surface area is 128 Å². The van der Waals surface area contributed by atoms with Gasteiger partial charge < -0.3 is 15.4 Å². The zero-order valence-corrected chi connectivity index (χ0v) is 12.0. The summed E-state index contributed by atoms with van der Waals surface area (Å²) in [6.07, 6.45) is 1.46. The lowest BCUT2D eigenvalue weighted by atomic mass is 10.3. The standard InChI is InChI=1S/C16H15N5O/c1-22-14-9-7-13(8-10-14)20-16-18-11-17-15(21-16)19-12-5-3-2-4-6-12/h2-11H,1H3,(H2,17,18,19,20,21). The van der Waals surface area contributed by atoms with Crippen LogP contribution in [-0.2, 0) is 0 Å². The third-order valence-electron chi connectivity index (χ3n) is 2.95. The molecule has 2 aromatic carbocycles. The van der Waals surface area contributed by atoms with E-state index in [0.717, 1.165) is 17.1 Å². The molecular formula is C16H15N5O. The van der Waals surface area contributed by atoms with Gasteiger partial charge in [0, 0.05) is 11.4 Å². The molecule has 0 bridgehead atoms. The second-order valence-corrected chi connectivity index (χ2v) is 4.48. The molecule has 0 radical (unpaired) electrons. The van der Waals surface area contributed by atoms with Crippen LogP contribution in [0.1, 0.15) is 0 Å². The third-order valence-corrected chi connectivity index (χ3v) is 2.95. The Morgan fingerprint density at radius 1 is 0.773 bits per heavy atom. The van der Waals surface area contributed by atoms with Crippen LogP contribution in [-0.4, -0.2) is 22.1 Å². The number of anilines is 4. The number of methoxy groups -OCH3 is 1. The molecule has 0 fully saturated rings. The first kappa shape index (κ1) is 13.8. The normalized spacial score (nSPS) is 10.0. The fraction of sp³-hybridized carbons (Fsp3) is 0.0625. The Balaban J connectivity index is 1.73. The molecule has 0 atom stereocenters. The van der Waals surface area contributed by atoms with Gasteiger partial charge in [-0.2, -0.15) is 4.98 Å². The number of hydrogen-bond acceptors (Lipinski definition) is 6. The summed E-state index contributed by atoms with van der Waals surface area (Å²) in [5.74, 6) is 1.75. The number of nitrogens with zero attached hydrogens (tertiary/aromatic N) is 3. The summed E-state index contributed by atoms with van der Waals surface area (Å²) in [6.45, 7) is 0. The molecule has 3 rings (SSSR count). The zero-order valence-electron chi connectivity index (χ0n) is 12.0. The van der Waals surface area contributed by atoms with Crippen LogP contribution in [0.25, 0.3) is 0 Å². The van der Waals surface area contributed by atoms with Crippen LogP contribution >= 0.6 is 0 Å². The number of para-hydroxylation sites is 1. The Morgan fingerprint density at radius 2 is 1.36 bits per heavy atom. The van der Waals surface area contributed by atoms with Gasteiger partial charge in [-0.1, -0.05) is 18.2 Å². The van der Waals surface area contributed by atoms with Crippen molar-refractivity contribution in [2.75, 3.05) is 17.7 Å². The molecule has 1 aromatic heterocycles. The zero-order chi connectivity index (χ0) is 15.2. The highest BCUT2D eigenvalue weighted by Gasteiger charge is 2.02. The van der Waals surface area contributed by atoms with Gasteiger partial charge in [0.15, 0.2) is 0 Å². The summed E-state index contributed by atoms with van der Waals surface area (Å²) in [4.78, 5) is 12.6. The van der Waals surface area contributed by atoms with Crippen LogP contribution in [0.5, 0.6) is 5.75 Å². The van der Waals surface area contributed by atoms with E-state index in [1.165, 1.54) is 6.33 Å². The maximum absolute atomic E-state index is 5.13. The summed E-state index contributed by atoms with van der Waals surface area (Å²) in [5.41, 5.74) is 1.79. The van der Waals surface area contributed by atoms with Gasteiger partial charge in [-0.25, -0.2) is 9.97 Å². The number of rotatable bonds is 5. The molecule has 0 aliphatic rings. The lowest BCUT2D eigenvalue weighted by molar-refractivity contribution is 0.415. The quantitative estimate of drug-likeness (QED) is 0.751. The van der Waals surface area contributed by atoms with E-state index >= 15 is 0 Å². The first-order chi connectivity index (χ1) is 10.8. The fourth-order valence-corrected chi connectivity index (χ4v) is 1.87. The van der Waals surface area contributed by atoms with Gasteiger partial charge in [-0.15, -0.1) is 0 Å². The largest absolute Gasteiger partial charge is 0.497 e. The average Bonchev–Trinajstić information content (AvgIpc) is 2.57. The van der Waals surface area contributed by atoms with Crippen LogP contribution in [0.2, 0.25) is 0 Å². The van der Waals surface area contributed by atoms with Gasteiger partial charge in [-0.05, 0) is 36.4 Å². The number of hydrogen-bond donors (Lipinski definition) is 2. The van der Waals surface area contributed by atoms with Crippen molar-refractivity contribution in [2.45, 2.75) is 0 Å². The number of nitrogens with one attached hydrogen (secondary N) is 2. The SMILES string of the molecule is COc1ccc(Nc2ncnc(Nc3ccccc3)n2)cc1. The van der Waals surface area contributed by atoms with Crippen LogP contribution in [0, 0.1) is 0 Å². The van der Waals surface area contributed by atoms with E-state index in [2.05, 4.69) is 25.6 Å². The third kappa shape index (κ3) is 3.49. The second kappa shape index (κ2) is 6.53. The van der Waals surface area contributed by atoms with Crippen LogP contribution in [0.4, 0.5) is 23.3 Å². The monoisotopic (exact) mass is 293 g/mol. The van der Waals surface area contributed by atoms with E-state index in [0.29, 0.717) is 11.9 Å². The van der Waals surface area contributed by atoms with E-state index in [1.54, 1.807) is 7.11 Å². The van der Waals surface area contributed by atoms with Crippen molar-refractivity contribution in [3.63, 3.8) is 0 Å². The first-order valence-corrected chi connectivity index (χ1v) is 6.76. The average molecular weight is 293 g/mol. The second-order valence-electron chi connectivity index (χ2n) is 4.48. The molecule has 0 saturated carbocycles. The van der Waals surface area contributed by atoms with E-state index in [-0.39, 0.29) is 0 Å². The van der Waals surface area contributed by atoms with Crippen molar-refractivity contribution in [3.05, 3.63) is 60.9 Å². The molecule has 110 valence electrons. The van der Waals surface area contributed by atoms with Crippen molar-refractivity contribution in [1.82, 2.24) is 15.0 Å². The molecule has 0 aliphatic carbocycles. The minimum absolute atomic E-state index is 0.471. The maximum Gasteiger partial charge on any atom is 0.232 e. The van der Waals surface area contributed by atoms with E-state index in [4.69, 9.17) is 4.74 Å². The van der Waals surface area contributed by atoms with Gasteiger partial charge in [0.2, 0.25) is 11.9 Å². The summed E-state index contributed by atoms with van der Waals surface area (Å²) in [6, 6.07) is 17.3. The van der Waals surface area contributed by atoms with Gasteiger partial charge >= 0.3 is 0 Å². The lowest BCUT2D eigenvalue weighted by Crippen LogP contribution is -2.02. The van der Waals surface area contributed by atoms with Crippen molar-refractivity contribution in [2.24, 2.45) is 0 Å². The van der Waals surface area contributed by atoms with Crippen molar-refractivity contribution in [3.8, 4) is 5.75 Å². The van der Waals surface area contributed by atoms with E-state index < -0.39 is 0 Å². The number of aromatic nitrogens is 3. The summed E-state index contributed by atoms with van der Waals surface area (Å²) in [7, 11) is 1.63. The Bertz CT molecular complexity index is 731. The fourth-order valence-electron chi connectivity index (χ4n) is 1.87. The predicted molar refractivity (Wildman–Crippen MR) is 85.8 cm³/mol. The lowest BCUT2D eigenvalue weighted by Gasteiger charge is -2.08. The van der Waals surface area contributed by atoms with Crippen molar-refractivity contribution in [1.29, 1.82) is 0 Å². The molecule has 0 saturated heterocycles. The molecule has 6 nitrogen and oxygen atoms in total. The molecule has 6 heteroatoms. The topological polar surface area (TPSA) is 72.0 Å². The summed E-state index contributed by atoms with van der Waals surface area (Å²) < 4.78 is 5.13. The Hall–Kier alpha value is -3.15. The van der Waals surface area contributed by atoms with Gasteiger partial charge in [-0.3, -0.25) is 0 Å². The highest BCUT2D eigenvalue weighted by atomic mass is 16.5. The van der Waals surface area contributed by atoms with Crippen LogP contribution in [0.15, 0.2) is 60.9 Å².